The third kappa shape index (κ3) is 2.45. The molecule has 1 aromatic carbocycles. The summed E-state index contributed by atoms with van der Waals surface area (Å²) in [5.41, 5.74) is 1.22. The first-order valence-corrected chi connectivity index (χ1v) is 5.53. The molecule has 1 amide bonds. The zero-order chi connectivity index (χ0) is 12.3. The maximum absolute atomic E-state index is 11.7. The highest BCUT2D eigenvalue weighted by atomic mass is 35.5. The highest BCUT2D eigenvalue weighted by Crippen LogP contribution is 2.21. The number of hydrogen-bond donors (Lipinski definition) is 1. The summed E-state index contributed by atoms with van der Waals surface area (Å²) in [6.45, 7) is 3.98. The van der Waals surface area contributed by atoms with Crippen molar-refractivity contribution in [2.24, 2.45) is 0 Å². The van der Waals surface area contributed by atoms with Crippen LogP contribution in [0.25, 0.3) is 10.9 Å². The van der Waals surface area contributed by atoms with Gasteiger partial charge in [-0.3, -0.25) is 9.78 Å². The van der Waals surface area contributed by atoms with E-state index in [0.717, 1.165) is 5.39 Å². The van der Waals surface area contributed by atoms with Crippen LogP contribution in [0.1, 0.15) is 10.4 Å². The van der Waals surface area contributed by atoms with E-state index in [-0.39, 0.29) is 5.91 Å². The molecule has 0 unspecified atom stereocenters. The summed E-state index contributed by atoms with van der Waals surface area (Å²) >= 11 is 6.00. The Morgan fingerprint density at radius 2 is 2.35 bits per heavy atom. The molecule has 1 heterocycles. The fourth-order valence-electron chi connectivity index (χ4n) is 1.51. The van der Waals surface area contributed by atoms with Gasteiger partial charge in [-0.2, -0.15) is 0 Å². The molecule has 2 aromatic rings. The molecule has 1 N–H and O–H groups in total. The van der Waals surface area contributed by atoms with Crippen molar-refractivity contribution in [2.75, 3.05) is 6.54 Å². The minimum absolute atomic E-state index is 0.167. The molecule has 2 rings (SSSR count). The molecule has 0 aliphatic carbocycles. The monoisotopic (exact) mass is 246 g/mol. The standard InChI is InChI=1S/C13H11ClN2O/c1-2-6-15-13(17)10-7-9-4-3-5-11(14)12(9)16-8-10/h2-5,7-8H,1,6H2,(H,15,17). The number of hydrogen-bond acceptors (Lipinski definition) is 2. The molecule has 0 saturated heterocycles. The first-order chi connectivity index (χ1) is 8.22. The van der Waals surface area contributed by atoms with Gasteiger partial charge in [-0.05, 0) is 12.1 Å². The maximum atomic E-state index is 11.7. The number of aromatic nitrogens is 1. The van der Waals surface area contributed by atoms with Crippen molar-refractivity contribution in [3.05, 3.63) is 53.7 Å². The molecule has 0 bridgehead atoms. The topological polar surface area (TPSA) is 42.0 Å². The van der Waals surface area contributed by atoms with Crippen molar-refractivity contribution in [1.82, 2.24) is 10.3 Å². The number of carbonyl (C=O) groups is 1. The van der Waals surface area contributed by atoms with Crippen molar-refractivity contribution in [3.8, 4) is 0 Å². The Morgan fingerprint density at radius 3 is 3.12 bits per heavy atom. The number of nitrogens with zero attached hydrogens (tertiary/aromatic N) is 1. The van der Waals surface area contributed by atoms with E-state index in [2.05, 4.69) is 16.9 Å². The van der Waals surface area contributed by atoms with Crippen molar-refractivity contribution < 1.29 is 4.79 Å². The Hall–Kier alpha value is -1.87. The molecule has 0 aliphatic rings. The summed E-state index contributed by atoms with van der Waals surface area (Å²) in [5.74, 6) is -0.167. The Kier molecular flexibility index (Phi) is 3.40. The Morgan fingerprint density at radius 1 is 1.53 bits per heavy atom. The molecule has 0 aliphatic heterocycles. The number of halogens is 1. The number of nitrogens with one attached hydrogen (secondary N) is 1. The Bertz CT molecular complexity index is 581. The molecule has 17 heavy (non-hydrogen) atoms. The molecule has 0 radical (unpaired) electrons. The minimum Gasteiger partial charge on any atom is -0.349 e. The third-order valence-corrected chi connectivity index (χ3v) is 2.64. The second kappa shape index (κ2) is 4.97. The summed E-state index contributed by atoms with van der Waals surface area (Å²) in [6, 6.07) is 7.25. The van der Waals surface area contributed by atoms with E-state index >= 15 is 0 Å². The predicted molar refractivity (Wildman–Crippen MR) is 69.3 cm³/mol. The summed E-state index contributed by atoms with van der Waals surface area (Å²) < 4.78 is 0. The van der Waals surface area contributed by atoms with Gasteiger partial charge in [0.15, 0.2) is 0 Å². The van der Waals surface area contributed by atoms with E-state index in [1.807, 2.05) is 12.1 Å². The molecular formula is C13H11ClN2O. The zero-order valence-corrected chi connectivity index (χ0v) is 9.87. The Balaban J connectivity index is 2.38. The van der Waals surface area contributed by atoms with Crippen molar-refractivity contribution >= 4 is 28.4 Å². The normalized spacial score (nSPS) is 10.2. The fraction of sp³-hybridized carbons (Fsp3) is 0.0769. The molecule has 3 nitrogen and oxygen atoms in total. The average molecular weight is 247 g/mol. The first kappa shape index (κ1) is 11.6. The number of rotatable bonds is 3. The third-order valence-electron chi connectivity index (χ3n) is 2.33. The van der Waals surface area contributed by atoms with Gasteiger partial charge in [-0.25, -0.2) is 0 Å². The lowest BCUT2D eigenvalue weighted by Gasteiger charge is -2.04. The molecule has 1 aromatic heterocycles. The van der Waals surface area contributed by atoms with Crippen LogP contribution in [0, 0.1) is 0 Å². The van der Waals surface area contributed by atoms with Gasteiger partial charge in [-0.1, -0.05) is 29.8 Å². The van der Waals surface area contributed by atoms with E-state index in [4.69, 9.17) is 11.6 Å². The molecule has 0 atom stereocenters. The van der Waals surface area contributed by atoms with Gasteiger partial charge >= 0.3 is 0 Å². The second-order valence-corrected chi connectivity index (χ2v) is 3.94. The van der Waals surface area contributed by atoms with Gasteiger partial charge in [0.1, 0.15) is 0 Å². The Labute approximate surface area is 104 Å². The van der Waals surface area contributed by atoms with Crippen LogP contribution in [0.4, 0.5) is 0 Å². The number of carbonyl (C=O) groups excluding carboxylic acids is 1. The summed E-state index contributed by atoms with van der Waals surface area (Å²) in [7, 11) is 0. The number of amides is 1. The van der Waals surface area contributed by atoms with E-state index in [1.54, 1.807) is 18.2 Å². The van der Waals surface area contributed by atoms with Crippen LogP contribution in [0.5, 0.6) is 0 Å². The molecule has 0 fully saturated rings. The summed E-state index contributed by atoms with van der Waals surface area (Å²) in [5, 5.41) is 4.13. The van der Waals surface area contributed by atoms with Gasteiger partial charge in [0.2, 0.25) is 0 Å². The molecule has 86 valence electrons. The number of fused-ring (bicyclic) bond motifs is 1. The van der Waals surface area contributed by atoms with Gasteiger partial charge in [-0.15, -0.1) is 6.58 Å². The lowest BCUT2D eigenvalue weighted by molar-refractivity contribution is 0.0958. The molecule has 0 spiro atoms. The van der Waals surface area contributed by atoms with Crippen molar-refractivity contribution in [3.63, 3.8) is 0 Å². The first-order valence-electron chi connectivity index (χ1n) is 5.16. The van der Waals surface area contributed by atoms with Crippen LogP contribution >= 0.6 is 11.6 Å². The van der Waals surface area contributed by atoms with Crippen LogP contribution in [0.3, 0.4) is 0 Å². The van der Waals surface area contributed by atoms with Crippen LogP contribution in [0.2, 0.25) is 5.02 Å². The number of para-hydroxylation sites is 1. The van der Waals surface area contributed by atoms with Gasteiger partial charge in [0.05, 0.1) is 16.1 Å². The van der Waals surface area contributed by atoms with Crippen molar-refractivity contribution in [1.29, 1.82) is 0 Å². The quantitative estimate of drug-likeness (QED) is 0.847. The van der Waals surface area contributed by atoms with Crippen LogP contribution in [-0.2, 0) is 0 Å². The number of pyridine rings is 1. The lowest BCUT2D eigenvalue weighted by Crippen LogP contribution is -2.23. The molecular weight excluding hydrogens is 236 g/mol. The average Bonchev–Trinajstić information content (AvgIpc) is 2.36. The van der Waals surface area contributed by atoms with E-state index in [9.17, 15) is 4.79 Å². The van der Waals surface area contributed by atoms with Gasteiger partial charge in [0.25, 0.3) is 5.91 Å². The van der Waals surface area contributed by atoms with E-state index in [0.29, 0.717) is 22.6 Å². The SMILES string of the molecule is C=CCNC(=O)c1cnc2c(Cl)cccc2c1. The van der Waals surface area contributed by atoms with Crippen LogP contribution in [-0.4, -0.2) is 17.4 Å². The zero-order valence-electron chi connectivity index (χ0n) is 9.11. The highest BCUT2D eigenvalue weighted by molar-refractivity contribution is 6.35. The molecule has 0 saturated carbocycles. The second-order valence-electron chi connectivity index (χ2n) is 3.53. The largest absolute Gasteiger partial charge is 0.349 e. The predicted octanol–water partition coefficient (Wildman–Crippen LogP) is 2.80. The van der Waals surface area contributed by atoms with Gasteiger partial charge in [0, 0.05) is 18.1 Å². The smallest absolute Gasteiger partial charge is 0.253 e. The van der Waals surface area contributed by atoms with E-state index < -0.39 is 0 Å². The highest BCUT2D eigenvalue weighted by Gasteiger charge is 2.07. The fourth-order valence-corrected chi connectivity index (χ4v) is 1.75. The van der Waals surface area contributed by atoms with Gasteiger partial charge < -0.3 is 5.32 Å². The maximum Gasteiger partial charge on any atom is 0.253 e. The van der Waals surface area contributed by atoms with E-state index in [1.165, 1.54) is 6.20 Å². The van der Waals surface area contributed by atoms with Crippen LogP contribution < -0.4 is 5.32 Å². The summed E-state index contributed by atoms with van der Waals surface area (Å²) in [4.78, 5) is 15.9. The number of benzene rings is 1. The summed E-state index contributed by atoms with van der Waals surface area (Å²) in [6.07, 6.45) is 3.15. The minimum atomic E-state index is -0.167. The lowest BCUT2D eigenvalue weighted by atomic mass is 10.1. The van der Waals surface area contributed by atoms with Crippen LogP contribution in [0.15, 0.2) is 43.1 Å². The van der Waals surface area contributed by atoms with Crippen molar-refractivity contribution in [2.45, 2.75) is 0 Å². The molecule has 4 heteroatoms.